The minimum atomic E-state index is 0.917. The Balaban J connectivity index is 1.27. The molecule has 0 atom stereocenters. The summed E-state index contributed by atoms with van der Waals surface area (Å²) < 4.78 is 4.69. The molecule has 3 heterocycles. The lowest BCUT2D eigenvalue weighted by Gasteiger charge is -2.07. The molecule has 5 heteroatoms. The largest absolute Gasteiger partial charge is 0.309 e. The molecule has 0 saturated heterocycles. The lowest BCUT2D eigenvalue weighted by molar-refractivity contribution is 1.10. The van der Waals surface area contributed by atoms with Gasteiger partial charge in [0, 0.05) is 44.0 Å². The number of fused-ring (bicyclic) bond motifs is 6. The Hall–Kier alpha value is -5.52. The maximum Gasteiger partial charge on any atom is 0.148 e. The third kappa shape index (κ3) is 3.62. The predicted molar refractivity (Wildman–Crippen MR) is 179 cm³/mol. The second-order valence-corrected chi connectivity index (χ2v) is 11.7. The van der Waals surface area contributed by atoms with Gasteiger partial charge in [-0.2, -0.15) is 0 Å². The molecular formula is C38H24N4S. The van der Waals surface area contributed by atoms with Gasteiger partial charge in [0.15, 0.2) is 0 Å². The summed E-state index contributed by atoms with van der Waals surface area (Å²) in [7, 11) is 0. The third-order valence-electron chi connectivity index (χ3n) is 8.31. The fourth-order valence-electron chi connectivity index (χ4n) is 6.55. The second-order valence-electron chi connectivity index (χ2n) is 10.7. The van der Waals surface area contributed by atoms with E-state index in [9.17, 15) is 0 Å². The molecule has 0 aliphatic rings. The van der Waals surface area contributed by atoms with Gasteiger partial charge in [0.25, 0.3) is 0 Å². The standard InChI is InChI=1S/C38H24N4S/c1-3-13-25(14-4-1)41-31-21-9-7-17-27(31)35-29(19-11-23-33(35)41)37-39-40-38(43-37)30-20-12-24-34-36(30)28-18-8-10-22-32(28)42(34)26-15-5-2-6-16-26/h1-24H. The van der Waals surface area contributed by atoms with Crippen molar-refractivity contribution in [2.24, 2.45) is 0 Å². The van der Waals surface area contributed by atoms with Crippen LogP contribution in [0, 0.1) is 0 Å². The molecule has 4 nitrogen and oxygen atoms in total. The zero-order valence-electron chi connectivity index (χ0n) is 23.1. The number of rotatable bonds is 4. The molecule has 0 unspecified atom stereocenters. The number of para-hydroxylation sites is 4. The smallest absolute Gasteiger partial charge is 0.148 e. The van der Waals surface area contributed by atoms with Crippen LogP contribution < -0.4 is 0 Å². The minimum absolute atomic E-state index is 0.917. The molecule has 0 amide bonds. The van der Waals surface area contributed by atoms with Crippen LogP contribution in [-0.4, -0.2) is 19.3 Å². The molecule has 0 radical (unpaired) electrons. The van der Waals surface area contributed by atoms with Gasteiger partial charge in [-0.1, -0.05) is 108 Å². The van der Waals surface area contributed by atoms with Crippen LogP contribution in [0.2, 0.25) is 0 Å². The van der Waals surface area contributed by atoms with E-state index >= 15 is 0 Å². The quantitative estimate of drug-likeness (QED) is 0.212. The van der Waals surface area contributed by atoms with Gasteiger partial charge >= 0.3 is 0 Å². The number of hydrogen-bond acceptors (Lipinski definition) is 3. The summed E-state index contributed by atoms with van der Waals surface area (Å²) in [6.07, 6.45) is 0. The highest BCUT2D eigenvalue weighted by Crippen LogP contribution is 2.43. The molecule has 0 aliphatic heterocycles. The van der Waals surface area contributed by atoms with Crippen molar-refractivity contribution in [3.8, 4) is 32.5 Å². The van der Waals surface area contributed by atoms with Crippen molar-refractivity contribution in [1.82, 2.24) is 19.3 Å². The average Bonchev–Trinajstić information content (AvgIpc) is 3.78. The molecule has 6 aromatic carbocycles. The van der Waals surface area contributed by atoms with E-state index in [0.29, 0.717) is 0 Å². The Labute approximate surface area is 251 Å². The van der Waals surface area contributed by atoms with Gasteiger partial charge < -0.3 is 9.13 Å². The molecule has 0 bridgehead atoms. The summed E-state index contributed by atoms with van der Waals surface area (Å²) >= 11 is 1.66. The van der Waals surface area contributed by atoms with Gasteiger partial charge in [0.1, 0.15) is 10.0 Å². The summed E-state index contributed by atoms with van der Waals surface area (Å²) in [5.41, 5.74) is 9.18. The van der Waals surface area contributed by atoms with Gasteiger partial charge in [-0.25, -0.2) is 0 Å². The molecule has 43 heavy (non-hydrogen) atoms. The van der Waals surface area contributed by atoms with Gasteiger partial charge in [0.05, 0.1) is 22.1 Å². The fraction of sp³-hybridized carbons (Fsp3) is 0. The Kier molecular flexibility index (Phi) is 5.33. The third-order valence-corrected chi connectivity index (χ3v) is 9.30. The Morgan fingerprint density at radius 2 is 0.767 bits per heavy atom. The van der Waals surface area contributed by atoms with E-state index in [2.05, 4.69) is 155 Å². The van der Waals surface area contributed by atoms with E-state index in [0.717, 1.165) is 43.6 Å². The summed E-state index contributed by atoms with van der Waals surface area (Å²) in [5.74, 6) is 0. The van der Waals surface area contributed by atoms with Crippen molar-refractivity contribution in [3.63, 3.8) is 0 Å². The first-order valence-electron chi connectivity index (χ1n) is 14.4. The monoisotopic (exact) mass is 568 g/mol. The van der Waals surface area contributed by atoms with Crippen LogP contribution in [0.5, 0.6) is 0 Å². The van der Waals surface area contributed by atoms with Crippen molar-refractivity contribution >= 4 is 54.9 Å². The number of aromatic nitrogens is 4. The van der Waals surface area contributed by atoms with Crippen LogP contribution in [0.4, 0.5) is 0 Å². The summed E-state index contributed by atoms with van der Waals surface area (Å²) in [4.78, 5) is 0. The molecule has 0 aliphatic carbocycles. The first-order chi connectivity index (χ1) is 21.4. The lowest BCUT2D eigenvalue weighted by Crippen LogP contribution is -1.92. The highest BCUT2D eigenvalue weighted by atomic mass is 32.1. The Morgan fingerprint density at radius 3 is 1.23 bits per heavy atom. The average molecular weight is 569 g/mol. The van der Waals surface area contributed by atoms with Gasteiger partial charge in [0.2, 0.25) is 0 Å². The number of hydrogen-bond donors (Lipinski definition) is 0. The van der Waals surface area contributed by atoms with Crippen molar-refractivity contribution in [2.75, 3.05) is 0 Å². The minimum Gasteiger partial charge on any atom is -0.309 e. The Morgan fingerprint density at radius 1 is 0.372 bits per heavy atom. The van der Waals surface area contributed by atoms with Crippen LogP contribution in [-0.2, 0) is 0 Å². The van der Waals surface area contributed by atoms with E-state index in [1.807, 2.05) is 0 Å². The molecule has 202 valence electrons. The molecule has 0 fully saturated rings. The molecule has 0 spiro atoms. The topological polar surface area (TPSA) is 35.6 Å². The zero-order valence-corrected chi connectivity index (χ0v) is 23.9. The highest BCUT2D eigenvalue weighted by molar-refractivity contribution is 7.18. The molecule has 9 rings (SSSR count). The van der Waals surface area contributed by atoms with Crippen LogP contribution in [0.3, 0.4) is 0 Å². The van der Waals surface area contributed by atoms with Crippen molar-refractivity contribution in [2.45, 2.75) is 0 Å². The van der Waals surface area contributed by atoms with Crippen LogP contribution in [0.15, 0.2) is 146 Å². The van der Waals surface area contributed by atoms with Crippen molar-refractivity contribution < 1.29 is 0 Å². The predicted octanol–water partition coefficient (Wildman–Crippen LogP) is 10.1. The van der Waals surface area contributed by atoms with E-state index in [-0.39, 0.29) is 0 Å². The maximum absolute atomic E-state index is 4.81. The number of benzene rings is 6. The fourth-order valence-corrected chi connectivity index (χ4v) is 7.45. The SMILES string of the molecule is c1ccc(-n2c3ccccc3c3c(-c4nnc(-c5cccc6c5c5ccccc5n6-c5ccccc5)s4)cccc32)cc1. The molecule has 0 saturated carbocycles. The molecular weight excluding hydrogens is 545 g/mol. The first-order valence-corrected chi connectivity index (χ1v) is 15.2. The maximum atomic E-state index is 4.81. The second kappa shape index (κ2) is 9.51. The zero-order chi connectivity index (χ0) is 28.3. The van der Waals surface area contributed by atoms with Crippen LogP contribution in [0.1, 0.15) is 0 Å². The lowest BCUT2D eigenvalue weighted by atomic mass is 10.1. The Bertz CT molecular complexity index is 2280. The van der Waals surface area contributed by atoms with Crippen LogP contribution >= 0.6 is 11.3 Å². The molecule has 0 N–H and O–H groups in total. The first kappa shape index (κ1) is 24.1. The summed E-state index contributed by atoms with van der Waals surface area (Å²) in [6.45, 7) is 0. The van der Waals surface area contributed by atoms with Crippen molar-refractivity contribution in [3.05, 3.63) is 146 Å². The van der Waals surface area contributed by atoms with E-state index in [4.69, 9.17) is 10.2 Å². The van der Waals surface area contributed by atoms with Gasteiger partial charge in [-0.15, -0.1) is 10.2 Å². The molecule has 3 aromatic heterocycles. The van der Waals surface area contributed by atoms with E-state index in [1.165, 1.54) is 32.6 Å². The van der Waals surface area contributed by atoms with E-state index in [1.54, 1.807) is 11.3 Å². The van der Waals surface area contributed by atoms with E-state index < -0.39 is 0 Å². The van der Waals surface area contributed by atoms with Crippen molar-refractivity contribution in [1.29, 1.82) is 0 Å². The summed E-state index contributed by atoms with van der Waals surface area (Å²) in [6, 6.07) is 51.4. The van der Waals surface area contributed by atoms with Gasteiger partial charge in [-0.05, 0) is 48.5 Å². The van der Waals surface area contributed by atoms with Gasteiger partial charge in [-0.3, -0.25) is 0 Å². The normalized spacial score (nSPS) is 11.7. The van der Waals surface area contributed by atoms with Crippen LogP contribution in [0.25, 0.3) is 76.1 Å². The number of nitrogens with zero attached hydrogens (tertiary/aromatic N) is 4. The molecule has 9 aromatic rings. The highest BCUT2D eigenvalue weighted by Gasteiger charge is 2.21. The summed E-state index contributed by atoms with van der Waals surface area (Å²) in [5, 5.41) is 16.3.